The lowest BCUT2D eigenvalue weighted by Crippen LogP contribution is -2.26. The maximum atomic E-state index is 12.2. The van der Waals surface area contributed by atoms with E-state index in [-0.39, 0.29) is 5.25 Å². The number of aryl methyl sites for hydroxylation is 1. The minimum atomic E-state index is -3.03. The molecule has 0 amide bonds. The zero-order chi connectivity index (χ0) is 11.9. The van der Waals surface area contributed by atoms with Crippen molar-refractivity contribution >= 4 is 21.2 Å². The van der Waals surface area contributed by atoms with E-state index in [1.165, 1.54) is 11.3 Å². The highest BCUT2D eigenvalue weighted by Gasteiger charge is 2.37. The molecule has 4 heteroatoms. The van der Waals surface area contributed by atoms with Crippen LogP contribution in [0.5, 0.6) is 0 Å². The van der Waals surface area contributed by atoms with Crippen molar-refractivity contribution in [3.05, 3.63) is 16.5 Å². The summed E-state index contributed by atoms with van der Waals surface area (Å²) < 4.78 is 25.0. The van der Waals surface area contributed by atoms with Crippen LogP contribution in [0.3, 0.4) is 0 Å². The Morgan fingerprint density at radius 3 is 2.81 bits per heavy atom. The SMILES string of the molecule is CCC[C@H]1C[C@H](C)S(=O)(=O)c2sc(C)cc21. The van der Waals surface area contributed by atoms with Gasteiger partial charge in [-0.2, -0.15) is 0 Å². The molecule has 0 aliphatic carbocycles. The van der Waals surface area contributed by atoms with Gasteiger partial charge in [-0.1, -0.05) is 13.3 Å². The molecule has 0 radical (unpaired) electrons. The molecule has 2 rings (SSSR count). The molecule has 1 aliphatic heterocycles. The maximum Gasteiger partial charge on any atom is 0.190 e. The van der Waals surface area contributed by atoms with Crippen LogP contribution in [0.1, 0.15) is 49.5 Å². The first-order chi connectivity index (χ1) is 7.46. The quantitative estimate of drug-likeness (QED) is 0.813. The van der Waals surface area contributed by atoms with Crippen LogP contribution in [-0.4, -0.2) is 13.7 Å². The molecule has 90 valence electrons. The molecule has 0 saturated carbocycles. The summed E-state index contributed by atoms with van der Waals surface area (Å²) in [6.45, 7) is 5.99. The van der Waals surface area contributed by atoms with Crippen molar-refractivity contribution in [1.82, 2.24) is 0 Å². The molecule has 2 nitrogen and oxygen atoms in total. The second-order valence-corrected chi connectivity index (χ2v) is 8.49. The third-order valence-electron chi connectivity index (χ3n) is 3.33. The van der Waals surface area contributed by atoms with Crippen molar-refractivity contribution in [2.24, 2.45) is 0 Å². The van der Waals surface area contributed by atoms with Crippen molar-refractivity contribution in [2.45, 2.75) is 55.4 Å². The first-order valence-electron chi connectivity index (χ1n) is 5.81. The normalized spacial score (nSPS) is 27.7. The second-order valence-electron chi connectivity index (χ2n) is 4.68. The van der Waals surface area contributed by atoms with E-state index in [1.807, 2.05) is 13.8 Å². The topological polar surface area (TPSA) is 34.1 Å². The van der Waals surface area contributed by atoms with Gasteiger partial charge in [-0.25, -0.2) is 8.42 Å². The molecule has 1 aromatic heterocycles. The summed E-state index contributed by atoms with van der Waals surface area (Å²) in [5.74, 6) is 0.448. The van der Waals surface area contributed by atoms with Crippen molar-refractivity contribution in [3.63, 3.8) is 0 Å². The predicted octanol–water partition coefficient (Wildman–Crippen LogP) is 3.51. The van der Waals surface area contributed by atoms with Crippen LogP contribution in [0.2, 0.25) is 0 Å². The van der Waals surface area contributed by atoms with Crippen LogP contribution in [0.4, 0.5) is 0 Å². The van der Waals surface area contributed by atoms with Gasteiger partial charge in [0.1, 0.15) is 4.21 Å². The highest BCUT2D eigenvalue weighted by atomic mass is 32.2. The number of sulfone groups is 1. The van der Waals surface area contributed by atoms with Crippen molar-refractivity contribution < 1.29 is 8.42 Å². The third kappa shape index (κ3) is 1.82. The van der Waals surface area contributed by atoms with Gasteiger partial charge in [0, 0.05) is 4.88 Å². The van der Waals surface area contributed by atoms with Gasteiger partial charge in [-0.3, -0.25) is 0 Å². The van der Waals surface area contributed by atoms with Crippen molar-refractivity contribution in [3.8, 4) is 0 Å². The van der Waals surface area contributed by atoms with E-state index < -0.39 is 9.84 Å². The number of rotatable bonds is 2. The average molecular weight is 258 g/mol. The molecule has 16 heavy (non-hydrogen) atoms. The van der Waals surface area contributed by atoms with E-state index in [2.05, 4.69) is 13.0 Å². The van der Waals surface area contributed by atoms with E-state index in [4.69, 9.17) is 0 Å². The van der Waals surface area contributed by atoms with Crippen LogP contribution in [0.15, 0.2) is 10.3 Å². The first-order valence-corrected chi connectivity index (χ1v) is 8.17. The molecule has 2 atom stereocenters. The fraction of sp³-hybridized carbons (Fsp3) is 0.667. The Kier molecular flexibility index (Phi) is 3.14. The summed E-state index contributed by atoms with van der Waals surface area (Å²) in [6, 6.07) is 2.07. The van der Waals surface area contributed by atoms with Crippen LogP contribution in [0.25, 0.3) is 0 Å². The summed E-state index contributed by atoms with van der Waals surface area (Å²) in [6.07, 6.45) is 3.01. The molecular formula is C12H18O2S2. The molecule has 0 saturated heterocycles. The minimum absolute atomic E-state index is 0.213. The zero-order valence-electron chi connectivity index (χ0n) is 9.99. The monoisotopic (exact) mass is 258 g/mol. The molecule has 0 N–H and O–H groups in total. The largest absolute Gasteiger partial charge is 0.223 e. The molecule has 1 aliphatic rings. The van der Waals surface area contributed by atoms with Crippen LogP contribution < -0.4 is 0 Å². The van der Waals surface area contributed by atoms with E-state index in [9.17, 15) is 8.42 Å². The van der Waals surface area contributed by atoms with Gasteiger partial charge in [0.05, 0.1) is 5.25 Å². The van der Waals surface area contributed by atoms with Crippen LogP contribution in [-0.2, 0) is 9.84 Å². The van der Waals surface area contributed by atoms with Gasteiger partial charge >= 0.3 is 0 Å². The average Bonchev–Trinajstić information content (AvgIpc) is 2.58. The Morgan fingerprint density at radius 2 is 2.19 bits per heavy atom. The van der Waals surface area contributed by atoms with E-state index >= 15 is 0 Å². The molecule has 2 heterocycles. The summed E-state index contributed by atoms with van der Waals surface area (Å²) >= 11 is 1.44. The van der Waals surface area contributed by atoms with Gasteiger partial charge in [-0.15, -0.1) is 11.3 Å². The standard InChI is InChI=1S/C12H18O2S2/c1-4-5-10-7-9(3)16(13,14)12-11(10)6-8(2)15-12/h6,9-10H,4-5,7H2,1-3H3/t9-,10-/m0/s1. The summed E-state index contributed by atoms with van der Waals surface area (Å²) in [5, 5.41) is -0.213. The highest BCUT2D eigenvalue weighted by molar-refractivity contribution is 7.94. The molecule has 0 aromatic carbocycles. The Bertz CT molecular complexity index is 485. The molecule has 0 fully saturated rings. The number of thiophene rings is 1. The Labute approximate surface area is 102 Å². The summed E-state index contributed by atoms with van der Waals surface area (Å²) in [5.41, 5.74) is 1.09. The van der Waals surface area contributed by atoms with Crippen LogP contribution >= 0.6 is 11.3 Å². The van der Waals surface area contributed by atoms with E-state index in [0.29, 0.717) is 10.1 Å². The van der Waals surface area contributed by atoms with Crippen molar-refractivity contribution in [1.29, 1.82) is 0 Å². The van der Waals surface area contributed by atoms with Crippen molar-refractivity contribution in [2.75, 3.05) is 0 Å². The Balaban J connectivity index is 2.53. The zero-order valence-corrected chi connectivity index (χ0v) is 11.6. The Hall–Kier alpha value is -0.350. The predicted molar refractivity (Wildman–Crippen MR) is 68.0 cm³/mol. The van der Waals surface area contributed by atoms with Crippen LogP contribution in [0, 0.1) is 6.92 Å². The third-order valence-corrected chi connectivity index (χ3v) is 7.14. The van der Waals surface area contributed by atoms with Gasteiger partial charge < -0.3 is 0 Å². The maximum absolute atomic E-state index is 12.2. The van der Waals surface area contributed by atoms with Gasteiger partial charge in [-0.05, 0) is 44.2 Å². The fourth-order valence-electron chi connectivity index (χ4n) is 2.48. The number of fused-ring (bicyclic) bond motifs is 1. The lowest BCUT2D eigenvalue weighted by molar-refractivity contribution is 0.512. The molecular weight excluding hydrogens is 240 g/mol. The lowest BCUT2D eigenvalue weighted by atomic mass is 9.91. The molecule has 0 spiro atoms. The van der Waals surface area contributed by atoms with E-state index in [1.54, 1.807) is 0 Å². The fourth-order valence-corrected chi connectivity index (χ4v) is 6.06. The molecule has 0 bridgehead atoms. The van der Waals surface area contributed by atoms with E-state index in [0.717, 1.165) is 29.7 Å². The van der Waals surface area contributed by atoms with Gasteiger partial charge in [0.15, 0.2) is 9.84 Å². The van der Waals surface area contributed by atoms with Gasteiger partial charge in [0.25, 0.3) is 0 Å². The highest BCUT2D eigenvalue weighted by Crippen LogP contribution is 2.43. The molecule has 1 aromatic rings. The Morgan fingerprint density at radius 1 is 1.50 bits per heavy atom. The number of hydrogen-bond donors (Lipinski definition) is 0. The molecule has 0 unspecified atom stereocenters. The minimum Gasteiger partial charge on any atom is -0.223 e. The lowest BCUT2D eigenvalue weighted by Gasteiger charge is -2.26. The second kappa shape index (κ2) is 4.15. The smallest absolute Gasteiger partial charge is 0.190 e. The van der Waals surface area contributed by atoms with Gasteiger partial charge in [0.2, 0.25) is 0 Å². The number of hydrogen-bond acceptors (Lipinski definition) is 3. The first kappa shape index (κ1) is 12.1. The summed E-state index contributed by atoms with van der Waals surface area (Å²) in [7, 11) is -3.03. The summed E-state index contributed by atoms with van der Waals surface area (Å²) in [4.78, 5) is 1.11.